The molecule has 3 heteroatoms. The first-order valence-electron chi connectivity index (χ1n) is 5.52. The average molecular weight is 202 g/mol. The highest BCUT2D eigenvalue weighted by Gasteiger charge is 2.34. The molecule has 1 fully saturated rings. The largest absolute Gasteiger partial charge is 0.397 e. The van der Waals surface area contributed by atoms with Crippen molar-refractivity contribution in [1.29, 1.82) is 0 Å². The van der Waals surface area contributed by atoms with E-state index in [2.05, 4.69) is 20.8 Å². The van der Waals surface area contributed by atoms with Gasteiger partial charge in [-0.15, -0.1) is 0 Å². The van der Waals surface area contributed by atoms with Gasteiger partial charge in [0, 0.05) is 18.8 Å². The Morgan fingerprint density at radius 2 is 1.77 bits per heavy atom. The Morgan fingerprint density at radius 1 is 1.15 bits per heavy atom. The molecule has 13 heavy (non-hydrogen) atoms. The lowest BCUT2D eigenvalue weighted by atomic mass is 10.1. The molecular weight excluding hydrogens is 180 g/mol. The summed E-state index contributed by atoms with van der Waals surface area (Å²) in [6.45, 7) is 8.12. The van der Waals surface area contributed by atoms with Crippen LogP contribution in [-0.4, -0.2) is 22.5 Å². The van der Waals surface area contributed by atoms with Crippen LogP contribution in [0.25, 0.3) is 0 Å². The molecule has 0 saturated heterocycles. The zero-order valence-electron chi connectivity index (χ0n) is 9.08. The van der Waals surface area contributed by atoms with Crippen molar-refractivity contribution in [2.24, 2.45) is 5.92 Å². The molecular formula is C10H22O2Si. The summed E-state index contributed by atoms with van der Waals surface area (Å²) in [5.41, 5.74) is 0.764. The SMILES string of the molecule is CCO[SiH](OCC)C1CCCC1C. The fourth-order valence-electron chi connectivity index (χ4n) is 2.20. The Hall–Kier alpha value is 0.137. The smallest absolute Gasteiger partial charge is 0.324 e. The molecule has 0 radical (unpaired) electrons. The van der Waals surface area contributed by atoms with Crippen LogP contribution in [0.4, 0.5) is 0 Å². The van der Waals surface area contributed by atoms with Gasteiger partial charge in [0.15, 0.2) is 0 Å². The third-order valence-corrected chi connectivity index (χ3v) is 5.95. The second-order valence-corrected chi connectivity index (χ2v) is 6.11. The van der Waals surface area contributed by atoms with Crippen molar-refractivity contribution >= 4 is 9.28 Å². The van der Waals surface area contributed by atoms with Crippen molar-refractivity contribution < 1.29 is 8.85 Å². The Kier molecular flexibility index (Phi) is 4.99. The van der Waals surface area contributed by atoms with Crippen LogP contribution in [0.2, 0.25) is 5.54 Å². The van der Waals surface area contributed by atoms with Crippen molar-refractivity contribution in [3.8, 4) is 0 Å². The Labute approximate surface area is 83.5 Å². The summed E-state index contributed by atoms with van der Waals surface area (Å²) >= 11 is 0. The lowest BCUT2D eigenvalue weighted by Crippen LogP contribution is -2.30. The molecule has 1 saturated carbocycles. The fraction of sp³-hybridized carbons (Fsp3) is 1.00. The third kappa shape index (κ3) is 3.08. The summed E-state index contributed by atoms with van der Waals surface area (Å²) in [7, 11) is -1.34. The maximum atomic E-state index is 5.75. The molecule has 1 aliphatic carbocycles. The minimum atomic E-state index is -1.34. The normalized spacial score (nSPS) is 28.6. The first-order chi connectivity index (χ1) is 6.29. The summed E-state index contributed by atoms with van der Waals surface area (Å²) in [6.07, 6.45) is 4.07. The zero-order chi connectivity index (χ0) is 9.68. The van der Waals surface area contributed by atoms with Crippen molar-refractivity contribution in [2.45, 2.75) is 45.6 Å². The Bertz CT molecular complexity index is 135. The Balaban J connectivity index is 2.42. The van der Waals surface area contributed by atoms with E-state index in [1.54, 1.807) is 0 Å². The summed E-state index contributed by atoms with van der Waals surface area (Å²) in [5.74, 6) is 0.828. The number of rotatable bonds is 5. The monoisotopic (exact) mass is 202 g/mol. The molecule has 2 unspecified atom stereocenters. The number of hydrogen-bond donors (Lipinski definition) is 0. The van der Waals surface area contributed by atoms with Gasteiger partial charge in [-0.05, 0) is 26.2 Å². The van der Waals surface area contributed by atoms with Gasteiger partial charge >= 0.3 is 9.28 Å². The first kappa shape index (κ1) is 11.2. The van der Waals surface area contributed by atoms with E-state index in [-0.39, 0.29) is 0 Å². The molecule has 2 atom stereocenters. The lowest BCUT2D eigenvalue weighted by Gasteiger charge is -2.24. The molecule has 0 heterocycles. The van der Waals surface area contributed by atoms with E-state index >= 15 is 0 Å². The standard InChI is InChI=1S/C10H22O2Si/c1-4-11-13(12-5-2)10-8-6-7-9(10)3/h9-10,13H,4-8H2,1-3H3. The second kappa shape index (κ2) is 5.78. The minimum absolute atomic E-state index is 0.764. The van der Waals surface area contributed by atoms with Crippen LogP contribution in [0.5, 0.6) is 0 Å². The van der Waals surface area contributed by atoms with Crippen LogP contribution >= 0.6 is 0 Å². The predicted octanol–water partition coefficient (Wildman–Crippen LogP) is 2.47. The molecule has 0 N–H and O–H groups in total. The van der Waals surface area contributed by atoms with E-state index in [1.165, 1.54) is 19.3 Å². The van der Waals surface area contributed by atoms with Crippen molar-refractivity contribution in [2.75, 3.05) is 13.2 Å². The summed E-state index contributed by atoms with van der Waals surface area (Å²) < 4.78 is 11.5. The molecule has 0 aromatic heterocycles. The van der Waals surface area contributed by atoms with E-state index in [1.807, 2.05) is 0 Å². The summed E-state index contributed by atoms with van der Waals surface area (Å²) in [4.78, 5) is 0. The molecule has 1 rings (SSSR count). The number of hydrogen-bond acceptors (Lipinski definition) is 2. The van der Waals surface area contributed by atoms with E-state index < -0.39 is 9.28 Å². The molecule has 78 valence electrons. The molecule has 0 aromatic carbocycles. The van der Waals surface area contributed by atoms with Crippen LogP contribution in [0.1, 0.15) is 40.0 Å². The topological polar surface area (TPSA) is 18.5 Å². The van der Waals surface area contributed by atoms with Crippen LogP contribution in [0, 0.1) is 5.92 Å². The maximum absolute atomic E-state index is 5.75. The molecule has 1 aliphatic rings. The van der Waals surface area contributed by atoms with Crippen LogP contribution in [0.3, 0.4) is 0 Å². The third-order valence-electron chi connectivity index (χ3n) is 2.94. The van der Waals surface area contributed by atoms with Crippen molar-refractivity contribution in [3.63, 3.8) is 0 Å². The summed E-state index contributed by atoms with van der Waals surface area (Å²) in [5, 5.41) is 0. The molecule has 0 aliphatic heterocycles. The van der Waals surface area contributed by atoms with E-state index in [4.69, 9.17) is 8.85 Å². The van der Waals surface area contributed by atoms with E-state index in [0.29, 0.717) is 0 Å². The minimum Gasteiger partial charge on any atom is -0.397 e. The maximum Gasteiger partial charge on any atom is 0.324 e. The van der Waals surface area contributed by atoms with Gasteiger partial charge in [-0.2, -0.15) is 0 Å². The van der Waals surface area contributed by atoms with Gasteiger partial charge in [0.1, 0.15) is 0 Å². The molecule has 0 spiro atoms. The van der Waals surface area contributed by atoms with Crippen molar-refractivity contribution in [1.82, 2.24) is 0 Å². The van der Waals surface area contributed by atoms with Crippen LogP contribution < -0.4 is 0 Å². The highest BCUT2D eigenvalue weighted by Crippen LogP contribution is 2.38. The van der Waals surface area contributed by atoms with Crippen LogP contribution in [-0.2, 0) is 8.85 Å². The fourth-order valence-corrected chi connectivity index (χ4v) is 4.69. The van der Waals surface area contributed by atoms with Gasteiger partial charge in [-0.3, -0.25) is 0 Å². The van der Waals surface area contributed by atoms with Gasteiger partial charge in [0.2, 0.25) is 0 Å². The van der Waals surface area contributed by atoms with Gasteiger partial charge in [0.25, 0.3) is 0 Å². The van der Waals surface area contributed by atoms with Gasteiger partial charge in [-0.25, -0.2) is 0 Å². The van der Waals surface area contributed by atoms with Gasteiger partial charge in [0.05, 0.1) is 0 Å². The second-order valence-electron chi connectivity index (χ2n) is 3.85. The van der Waals surface area contributed by atoms with E-state index in [9.17, 15) is 0 Å². The molecule has 0 bridgehead atoms. The lowest BCUT2D eigenvalue weighted by molar-refractivity contribution is 0.198. The zero-order valence-corrected chi connectivity index (χ0v) is 10.2. The predicted molar refractivity (Wildman–Crippen MR) is 57.2 cm³/mol. The highest BCUT2D eigenvalue weighted by atomic mass is 28.3. The van der Waals surface area contributed by atoms with E-state index in [0.717, 1.165) is 24.7 Å². The molecule has 2 nitrogen and oxygen atoms in total. The molecule has 0 amide bonds. The average Bonchev–Trinajstić information content (AvgIpc) is 2.51. The van der Waals surface area contributed by atoms with Crippen molar-refractivity contribution in [3.05, 3.63) is 0 Å². The molecule has 0 aromatic rings. The van der Waals surface area contributed by atoms with Gasteiger partial charge in [-0.1, -0.05) is 19.8 Å². The highest BCUT2D eigenvalue weighted by molar-refractivity contribution is 6.46. The van der Waals surface area contributed by atoms with Crippen LogP contribution in [0.15, 0.2) is 0 Å². The summed E-state index contributed by atoms with van der Waals surface area (Å²) in [6, 6.07) is 0. The first-order valence-corrected chi connectivity index (χ1v) is 7.13. The Morgan fingerprint density at radius 3 is 2.15 bits per heavy atom. The van der Waals surface area contributed by atoms with Gasteiger partial charge < -0.3 is 8.85 Å². The quantitative estimate of drug-likeness (QED) is 0.638.